The van der Waals surface area contributed by atoms with Crippen LogP contribution < -0.4 is 4.74 Å². The SMILES string of the molecule is COc1cc(O)c(C(=O)/C=C/c2ccc(F)cc2)cc1CN1CCOCC1. The molecule has 2 aromatic rings. The molecule has 1 saturated heterocycles. The number of carbonyl (C=O) groups excluding carboxylic acids is 1. The Balaban J connectivity index is 1.81. The van der Waals surface area contributed by atoms with Gasteiger partial charge in [0.1, 0.15) is 17.3 Å². The third-order valence-corrected chi connectivity index (χ3v) is 4.46. The summed E-state index contributed by atoms with van der Waals surface area (Å²) >= 11 is 0. The molecule has 0 aromatic heterocycles. The number of halogens is 1. The Morgan fingerprint density at radius 2 is 1.96 bits per heavy atom. The van der Waals surface area contributed by atoms with Crippen molar-refractivity contribution in [2.24, 2.45) is 0 Å². The summed E-state index contributed by atoms with van der Waals surface area (Å²) in [4.78, 5) is 14.8. The van der Waals surface area contributed by atoms with Gasteiger partial charge in [0.2, 0.25) is 0 Å². The Morgan fingerprint density at radius 1 is 1.26 bits per heavy atom. The number of ether oxygens (including phenoxy) is 2. The molecule has 142 valence electrons. The zero-order chi connectivity index (χ0) is 19.2. The van der Waals surface area contributed by atoms with E-state index in [9.17, 15) is 14.3 Å². The number of hydrogen-bond donors (Lipinski definition) is 1. The van der Waals surface area contributed by atoms with Crippen molar-refractivity contribution < 1.29 is 23.8 Å². The molecule has 1 fully saturated rings. The van der Waals surface area contributed by atoms with Crippen LogP contribution in [0.2, 0.25) is 0 Å². The molecule has 0 aliphatic carbocycles. The van der Waals surface area contributed by atoms with Crippen LogP contribution in [-0.4, -0.2) is 49.2 Å². The van der Waals surface area contributed by atoms with Gasteiger partial charge in [0.15, 0.2) is 5.78 Å². The van der Waals surface area contributed by atoms with Gasteiger partial charge in [0.25, 0.3) is 0 Å². The maximum Gasteiger partial charge on any atom is 0.189 e. The van der Waals surface area contributed by atoms with Crippen LogP contribution in [0.1, 0.15) is 21.5 Å². The molecule has 0 amide bonds. The lowest BCUT2D eigenvalue weighted by atomic mass is 10.0. The molecule has 6 heteroatoms. The van der Waals surface area contributed by atoms with Crippen molar-refractivity contribution >= 4 is 11.9 Å². The Kier molecular flexibility index (Phi) is 6.21. The first-order valence-corrected chi connectivity index (χ1v) is 8.75. The molecule has 1 aliphatic rings. The molecule has 0 radical (unpaired) electrons. The van der Waals surface area contributed by atoms with Crippen LogP contribution in [0.25, 0.3) is 6.08 Å². The van der Waals surface area contributed by atoms with Gasteiger partial charge in [-0.3, -0.25) is 9.69 Å². The highest BCUT2D eigenvalue weighted by molar-refractivity contribution is 6.08. The number of phenolic OH excluding ortho intramolecular Hbond substituents is 1. The van der Waals surface area contributed by atoms with Crippen LogP contribution in [0.3, 0.4) is 0 Å². The molecule has 1 N–H and O–H groups in total. The summed E-state index contributed by atoms with van der Waals surface area (Å²) in [5.74, 6) is -0.258. The van der Waals surface area contributed by atoms with Crippen LogP contribution >= 0.6 is 0 Å². The van der Waals surface area contributed by atoms with Gasteiger partial charge in [-0.15, -0.1) is 0 Å². The van der Waals surface area contributed by atoms with Crippen LogP contribution in [0.15, 0.2) is 42.5 Å². The normalized spacial score (nSPS) is 15.2. The average Bonchev–Trinajstić information content (AvgIpc) is 2.69. The Morgan fingerprint density at radius 3 is 2.63 bits per heavy atom. The lowest BCUT2D eigenvalue weighted by Gasteiger charge is -2.27. The first kappa shape index (κ1) is 19.1. The van der Waals surface area contributed by atoms with Crippen molar-refractivity contribution in [3.8, 4) is 11.5 Å². The van der Waals surface area contributed by atoms with Gasteiger partial charge in [-0.25, -0.2) is 4.39 Å². The van der Waals surface area contributed by atoms with Gasteiger partial charge in [-0.05, 0) is 29.8 Å². The Hall–Kier alpha value is -2.70. The van der Waals surface area contributed by atoms with Gasteiger partial charge < -0.3 is 14.6 Å². The van der Waals surface area contributed by atoms with Crippen molar-refractivity contribution in [2.45, 2.75) is 6.54 Å². The van der Waals surface area contributed by atoms with Crippen LogP contribution in [0.5, 0.6) is 11.5 Å². The van der Waals surface area contributed by atoms with Crippen molar-refractivity contribution in [3.63, 3.8) is 0 Å². The summed E-state index contributed by atoms with van der Waals surface area (Å²) in [5.41, 5.74) is 1.74. The molecular formula is C21H22FNO4. The molecule has 5 nitrogen and oxygen atoms in total. The number of nitrogens with zero attached hydrogens (tertiary/aromatic N) is 1. The van der Waals surface area contributed by atoms with E-state index in [1.807, 2.05) is 0 Å². The van der Waals surface area contributed by atoms with E-state index in [1.165, 1.54) is 31.4 Å². The molecule has 27 heavy (non-hydrogen) atoms. The molecule has 2 aromatic carbocycles. The van der Waals surface area contributed by atoms with Crippen molar-refractivity contribution in [1.82, 2.24) is 4.90 Å². The lowest BCUT2D eigenvalue weighted by molar-refractivity contribution is 0.0338. The highest BCUT2D eigenvalue weighted by atomic mass is 19.1. The summed E-state index contributed by atoms with van der Waals surface area (Å²) in [6.07, 6.45) is 2.96. The lowest BCUT2D eigenvalue weighted by Crippen LogP contribution is -2.35. The van der Waals surface area contributed by atoms with Crippen molar-refractivity contribution in [1.29, 1.82) is 0 Å². The fourth-order valence-corrected chi connectivity index (χ4v) is 2.96. The summed E-state index contributed by atoms with van der Waals surface area (Å²) in [5, 5.41) is 10.2. The molecule has 0 saturated carbocycles. The van der Waals surface area contributed by atoms with Crippen LogP contribution in [0, 0.1) is 5.82 Å². The summed E-state index contributed by atoms with van der Waals surface area (Å²) in [6.45, 7) is 3.56. The topological polar surface area (TPSA) is 59.0 Å². The zero-order valence-corrected chi connectivity index (χ0v) is 15.2. The van der Waals surface area contributed by atoms with E-state index in [4.69, 9.17) is 9.47 Å². The van der Waals surface area contributed by atoms with Gasteiger partial charge in [-0.2, -0.15) is 0 Å². The second-order valence-corrected chi connectivity index (χ2v) is 6.32. The van der Waals surface area contributed by atoms with E-state index in [0.717, 1.165) is 18.7 Å². The smallest absolute Gasteiger partial charge is 0.189 e. The van der Waals surface area contributed by atoms with E-state index >= 15 is 0 Å². The molecular weight excluding hydrogens is 349 g/mol. The molecule has 1 heterocycles. The second kappa shape index (κ2) is 8.79. The first-order chi connectivity index (χ1) is 13.1. The highest BCUT2D eigenvalue weighted by Crippen LogP contribution is 2.30. The molecule has 1 aliphatic heterocycles. The summed E-state index contributed by atoms with van der Waals surface area (Å²) in [6, 6.07) is 8.95. The van der Waals surface area contributed by atoms with E-state index < -0.39 is 0 Å². The Labute approximate surface area is 157 Å². The second-order valence-electron chi connectivity index (χ2n) is 6.32. The molecule has 3 rings (SSSR count). The minimum atomic E-state index is -0.334. The zero-order valence-electron chi connectivity index (χ0n) is 15.2. The van der Waals surface area contributed by atoms with Crippen molar-refractivity contribution in [2.75, 3.05) is 33.4 Å². The number of benzene rings is 2. The number of ketones is 1. The number of phenols is 1. The third-order valence-electron chi connectivity index (χ3n) is 4.46. The van der Waals surface area contributed by atoms with Crippen molar-refractivity contribution in [3.05, 3.63) is 65.0 Å². The molecule has 0 atom stereocenters. The predicted molar refractivity (Wildman–Crippen MR) is 101 cm³/mol. The number of aromatic hydroxyl groups is 1. The van der Waals surface area contributed by atoms with Gasteiger partial charge in [0, 0.05) is 31.3 Å². The molecule has 0 unspecified atom stereocenters. The number of rotatable bonds is 6. The quantitative estimate of drug-likeness (QED) is 0.624. The van der Waals surface area contributed by atoms with Gasteiger partial charge in [-0.1, -0.05) is 18.2 Å². The Bertz CT molecular complexity index is 827. The monoisotopic (exact) mass is 371 g/mol. The van der Waals surface area contributed by atoms with Gasteiger partial charge in [0.05, 0.1) is 25.9 Å². The first-order valence-electron chi connectivity index (χ1n) is 8.75. The third kappa shape index (κ3) is 4.93. The minimum Gasteiger partial charge on any atom is -0.507 e. The molecule has 0 spiro atoms. The number of carbonyl (C=O) groups is 1. The number of methoxy groups -OCH3 is 1. The standard InChI is InChI=1S/C21H22FNO4/c1-26-21-13-20(25)18(12-16(21)14-23-8-10-27-11-9-23)19(24)7-4-15-2-5-17(22)6-3-15/h2-7,12-13,25H,8-11,14H2,1H3/b7-4+. The van der Waals surface area contributed by atoms with E-state index in [0.29, 0.717) is 31.1 Å². The maximum atomic E-state index is 13.0. The minimum absolute atomic E-state index is 0.133. The van der Waals surface area contributed by atoms with Crippen LogP contribution in [0.4, 0.5) is 4.39 Å². The van der Waals surface area contributed by atoms with Crippen LogP contribution in [-0.2, 0) is 11.3 Å². The number of hydrogen-bond acceptors (Lipinski definition) is 5. The highest BCUT2D eigenvalue weighted by Gasteiger charge is 2.18. The van der Waals surface area contributed by atoms with E-state index in [-0.39, 0.29) is 22.9 Å². The maximum absolute atomic E-state index is 13.0. The number of allylic oxidation sites excluding steroid dienone is 1. The average molecular weight is 371 g/mol. The largest absolute Gasteiger partial charge is 0.507 e. The van der Waals surface area contributed by atoms with E-state index in [1.54, 1.807) is 24.3 Å². The summed E-state index contributed by atoms with van der Waals surface area (Å²) in [7, 11) is 1.54. The molecule has 0 bridgehead atoms. The predicted octanol–water partition coefficient (Wildman–Crippen LogP) is 3.27. The fourth-order valence-electron chi connectivity index (χ4n) is 2.96. The van der Waals surface area contributed by atoms with Gasteiger partial charge >= 0.3 is 0 Å². The summed E-state index contributed by atoms with van der Waals surface area (Å²) < 4.78 is 23.7. The fraction of sp³-hybridized carbons (Fsp3) is 0.286. The number of morpholine rings is 1. The van der Waals surface area contributed by atoms with E-state index in [2.05, 4.69) is 4.90 Å².